The maximum atomic E-state index is 13.4. The van der Waals surface area contributed by atoms with Crippen LogP contribution in [0.25, 0.3) is 0 Å². The molecule has 0 aromatic heterocycles. The Morgan fingerprint density at radius 1 is 1.44 bits per heavy atom. The lowest BCUT2D eigenvalue weighted by atomic mass is 10.0. The topological polar surface area (TPSA) is 20.2 Å². The van der Waals surface area contributed by atoms with E-state index in [0.29, 0.717) is 22.9 Å². The van der Waals surface area contributed by atoms with Crippen molar-refractivity contribution in [2.75, 3.05) is 0 Å². The zero-order valence-electron chi connectivity index (χ0n) is 9.13. The Bertz CT molecular complexity index is 343. The summed E-state index contributed by atoms with van der Waals surface area (Å²) in [4.78, 5) is 0. The van der Waals surface area contributed by atoms with Gasteiger partial charge in [-0.25, -0.2) is 4.39 Å². The Kier molecular flexibility index (Phi) is 3.82. The van der Waals surface area contributed by atoms with Crippen molar-refractivity contribution in [2.45, 2.75) is 38.2 Å². The molecule has 88 valence electrons. The second-order valence-corrected chi connectivity index (χ2v) is 4.90. The van der Waals surface area contributed by atoms with Gasteiger partial charge >= 0.3 is 0 Å². The summed E-state index contributed by atoms with van der Waals surface area (Å²) in [7, 11) is 0. The van der Waals surface area contributed by atoms with Gasteiger partial charge in [0.15, 0.2) is 0 Å². The van der Waals surface area contributed by atoms with Crippen LogP contribution in [-0.4, -0.2) is 11.2 Å². The largest absolute Gasteiger partial charge is 0.393 e. The van der Waals surface area contributed by atoms with Gasteiger partial charge in [-0.3, -0.25) is 0 Å². The molecule has 1 aromatic rings. The monoisotopic (exact) mass is 242 g/mol. The van der Waals surface area contributed by atoms with Crippen LogP contribution in [0.1, 0.15) is 31.2 Å². The van der Waals surface area contributed by atoms with Gasteiger partial charge in [0.1, 0.15) is 5.82 Å². The predicted octanol–water partition coefficient (Wildman–Crippen LogP) is 3.57. The van der Waals surface area contributed by atoms with E-state index < -0.39 is 0 Å². The predicted molar refractivity (Wildman–Crippen MR) is 63.1 cm³/mol. The fourth-order valence-corrected chi connectivity index (χ4v) is 2.23. The van der Waals surface area contributed by atoms with Crippen molar-refractivity contribution in [3.8, 4) is 0 Å². The number of aliphatic hydroxyl groups excluding tert-OH is 1. The van der Waals surface area contributed by atoms with Gasteiger partial charge in [-0.1, -0.05) is 17.7 Å². The summed E-state index contributed by atoms with van der Waals surface area (Å²) in [6.07, 6.45) is 4.22. The van der Waals surface area contributed by atoms with E-state index in [9.17, 15) is 9.50 Å². The van der Waals surface area contributed by atoms with Crippen LogP contribution >= 0.6 is 11.6 Å². The van der Waals surface area contributed by atoms with Crippen molar-refractivity contribution < 1.29 is 9.50 Å². The average Bonchev–Trinajstić information content (AvgIpc) is 3.05. The minimum absolute atomic E-state index is 0.203. The molecule has 0 heterocycles. The van der Waals surface area contributed by atoms with Crippen molar-refractivity contribution in [3.63, 3.8) is 0 Å². The van der Waals surface area contributed by atoms with Gasteiger partial charge in [-0.15, -0.1) is 0 Å². The molecule has 0 radical (unpaired) electrons. The summed E-state index contributed by atoms with van der Waals surface area (Å²) in [6.45, 7) is 0. The van der Waals surface area contributed by atoms with Gasteiger partial charge in [-0.2, -0.15) is 0 Å². The first kappa shape index (κ1) is 11.9. The molecule has 1 aliphatic rings. The van der Waals surface area contributed by atoms with Crippen LogP contribution in [0.15, 0.2) is 18.2 Å². The molecule has 3 heteroatoms. The maximum absolute atomic E-state index is 13.4. The van der Waals surface area contributed by atoms with Crippen molar-refractivity contribution >= 4 is 11.6 Å². The minimum atomic E-state index is -0.242. The summed E-state index contributed by atoms with van der Waals surface area (Å²) in [5, 5.41) is 10.2. The number of aliphatic hydroxyl groups is 1. The number of rotatable bonds is 5. The Morgan fingerprint density at radius 3 is 2.81 bits per heavy atom. The van der Waals surface area contributed by atoms with Gasteiger partial charge in [-0.05, 0) is 50.2 Å². The summed E-state index contributed by atoms with van der Waals surface area (Å²) >= 11 is 5.92. The summed E-state index contributed by atoms with van der Waals surface area (Å²) in [6, 6.07) is 4.75. The van der Waals surface area contributed by atoms with Gasteiger partial charge in [0.2, 0.25) is 0 Å². The molecule has 0 aliphatic heterocycles. The van der Waals surface area contributed by atoms with Crippen molar-refractivity contribution in [3.05, 3.63) is 34.6 Å². The summed E-state index contributed by atoms with van der Waals surface area (Å²) < 4.78 is 13.4. The number of halogens is 2. The Hall–Kier alpha value is -0.600. The zero-order valence-corrected chi connectivity index (χ0v) is 9.88. The third-order valence-electron chi connectivity index (χ3n) is 3.15. The SMILES string of the molecule is OC(CCCc1c(F)cccc1Cl)C1CC1. The van der Waals surface area contributed by atoms with Crippen LogP contribution in [-0.2, 0) is 6.42 Å². The van der Waals surface area contributed by atoms with E-state index in [0.717, 1.165) is 25.7 Å². The fourth-order valence-electron chi connectivity index (χ4n) is 1.98. The molecule has 1 unspecified atom stereocenters. The molecule has 1 fully saturated rings. The van der Waals surface area contributed by atoms with E-state index >= 15 is 0 Å². The van der Waals surface area contributed by atoms with E-state index in [-0.39, 0.29) is 11.9 Å². The number of hydrogen-bond donors (Lipinski definition) is 1. The van der Waals surface area contributed by atoms with Gasteiger partial charge in [0.05, 0.1) is 6.10 Å². The lowest BCUT2D eigenvalue weighted by molar-refractivity contribution is 0.139. The van der Waals surface area contributed by atoms with Crippen LogP contribution in [0.2, 0.25) is 5.02 Å². The van der Waals surface area contributed by atoms with Crippen LogP contribution in [0, 0.1) is 11.7 Å². The number of benzene rings is 1. The van der Waals surface area contributed by atoms with Crippen molar-refractivity contribution in [2.24, 2.45) is 5.92 Å². The molecule has 0 bridgehead atoms. The van der Waals surface area contributed by atoms with E-state index in [2.05, 4.69) is 0 Å². The minimum Gasteiger partial charge on any atom is -0.393 e. The smallest absolute Gasteiger partial charge is 0.127 e. The van der Waals surface area contributed by atoms with Crippen LogP contribution in [0.4, 0.5) is 4.39 Å². The summed E-state index contributed by atoms with van der Waals surface area (Å²) in [5.74, 6) is 0.254. The first-order valence-electron chi connectivity index (χ1n) is 5.79. The van der Waals surface area contributed by atoms with Crippen LogP contribution in [0.5, 0.6) is 0 Å². The van der Waals surface area contributed by atoms with E-state index in [1.54, 1.807) is 12.1 Å². The fraction of sp³-hybridized carbons (Fsp3) is 0.538. The quantitative estimate of drug-likeness (QED) is 0.837. The Balaban J connectivity index is 1.84. The molecule has 0 saturated heterocycles. The van der Waals surface area contributed by atoms with Gasteiger partial charge < -0.3 is 5.11 Å². The van der Waals surface area contributed by atoms with Crippen molar-refractivity contribution in [1.29, 1.82) is 0 Å². The molecule has 1 aromatic carbocycles. The zero-order chi connectivity index (χ0) is 11.5. The molecule has 1 atom stereocenters. The first-order chi connectivity index (χ1) is 7.68. The first-order valence-corrected chi connectivity index (χ1v) is 6.17. The van der Waals surface area contributed by atoms with Crippen LogP contribution < -0.4 is 0 Å². The summed E-state index contributed by atoms with van der Waals surface area (Å²) in [5.41, 5.74) is 0.576. The molecule has 16 heavy (non-hydrogen) atoms. The van der Waals surface area contributed by atoms with E-state index in [1.807, 2.05) is 0 Å². The molecule has 1 N–H and O–H groups in total. The maximum Gasteiger partial charge on any atom is 0.127 e. The second-order valence-electron chi connectivity index (χ2n) is 4.50. The number of hydrogen-bond acceptors (Lipinski definition) is 1. The molecular formula is C13H16ClFO. The molecule has 1 aliphatic carbocycles. The third kappa shape index (κ3) is 2.96. The highest BCUT2D eigenvalue weighted by molar-refractivity contribution is 6.31. The molecule has 1 saturated carbocycles. The standard InChI is InChI=1S/C13H16ClFO/c14-11-4-2-5-12(15)10(11)3-1-6-13(16)9-7-8-9/h2,4-5,9,13,16H,1,3,6-8H2. The second kappa shape index (κ2) is 5.15. The van der Waals surface area contributed by atoms with E-state index in [1.165, 1.54) is 6.07 Å². The molecule has 0 amide bonds. The van der Waals surface area contributed by atoms with Gasteiger partial charge in [0.25, 0.3) is 0 Å². The third-order valence-corrected chi connectivity index (χ3v) is 3.51. The molecule has 2 rings (SSSR count). The van der Waals surface area contributed by atoms with E-state index in [4.69, 9.17) is 11.6 Å². The lowest BCUT2D eigenvalue weighted by Gasteiger charge is -2.09. The Labute approximate surface area is 100 Å². The molecule has 0 spiro atoms. The molecule has 1 nitrogen and oxygen atoms in total. The highest BCUT2D eigenvalue weighted by Gasteiger charge is 2.29. The average molecular weight is 243 g/mol. The highest BCUT2D eigenvalue weighted by Crippen LogP contribution is 2.34. The van der Waals surface area contributed by atoms with Gasteiger partial charge in [0, 0.05) is 10.6 Å². The highest BCUT2D eigenvalue weighted by atomic mass is 35.5. The Morgan fingerprint density at radius 2 is 2.19 bits per heavy atom. The molecular weight excluding hydrogens is 227 g/mol. The normalized spacial score (nSPS) is 17.4. The van der Waals surface area contributed by atoms with Crippen LogP contribution in [0.3, 0.4) is 0 Å². The van der Waals surface area contributed by atoms with Crippen molar-refractivity contribution in [1.82, 2.24) is 0 Å². The lowest BCUT2D eigenvalue weighted by Crippen LogP contribution is -2.09.